The van der Waals surface area contributed by atoms with Gasteiger partial charge in [0.2, 0.25) is 11.7 Å². The molecule has 0 fully saturated rings. The number of carbonyl (C=O) groups is 1. The molecule has 1 amide bonds. The van der Waals surface area contributed by atoms with Gasteiger partial charge in [-0.15, -0.1) is 0 Å². The van der Waals surface area contributed by atoms with Crippen molar-refractivity contribution in [3.8, 4) is 11.4 Å². The number of aromatic nitrogens is 3. The zero-order chi connectivity index (χ0) is 17.1. The van der Waals surface area contributed by atoms with E-state index in [0.29, 0.717) is 5.82 Å². The fourth-order valence-corrected chi connectivity index (χ4v) is 2.68. The van der Waals surface area contributed by atoms with E-state index in [0.717, 1.165) is 21.9 Å². The van der Waals surface area contributed by atoms with Gasteiger partial charge in [-0.05, 0) is 28.5 Å². The maximum atomic E-state index is 12.3. The highest BCUT2D eigenvalue weighted by molar-refractivity contribution is 5.95. The van der Waals surface area contributed by atoms with Gasteiger partial charge in [0.15, 0.2) is 0 Å². The standard InChI is InChI=1S/C19H14N4O2/c24-17(12-15-6-3-5-13-4-1-2-7-16(13)15)21-19-22-18(23-25-19)14-8-10-20-11-9-14/h1-11H,12H2,(H,21,22,23,24). The lowest BCUT2D eigenvalue weighted by Gasteiger charge is -2.05. The van der Waals surface area contributed by atoms with Crippen LogP contribution in [0.2, 0.25) is 0 Å². The molecule has 122 valence electrons. The molecule has 0 atom stereocenters. The molecule has 2 aromatic heterocycles. The van der Waals surface area contributed by atoms with Gasteiger partial charge in [-0.2, -0.15) is 4.98 Å². The number of hydrogen-bond donors (Lipinski definition) is 1. The van der Waals surface area contributed by atoms with Crippen LogP contribution < -0.4 is 5.32 Å². The fourth-order valence-electron chi connectivity index (χ4n) is 2.68. The Balaban J connectivity index is 1.50. The molecule has 6 nitrogen and oxygen atoms in total. The molecule has 4 rings (SSSR count). The van der Waals surface area contributed by atoms with Crippen molar-refractivity contribution in [2.45, 2.75) is 6.42 Å². The van der Waals surface area contributed by atoms with Crippen LogP contribution in [-0.2, 0) is 11.2 Å². The third kappa shape index (κ3) is 3.23. The molecule has 6 heteroatoms. The summed E-state index contributed by atoms with van der Waals surface area (Å²) < 4.78 is 5.10. The molecule has 0 aliphatic rings. The predicted molar refractivity (Wildman–Crippen MR) is 93.8 cm³/mol. The first kappa shape index (κ1) is 15.0. The van der Waals surface area contributed by atoms with Gasteiger partial charge in [0.1, 0.15) is 0 Å². The molecule has 4 aromatic rings. The molecule has 1 N–H and O–H groups in total. The van der Waals surface area contributed by atoms with E-state index in [2.05, 4.69) is 20.4 Å². The summed E-state index contributed by atoms with van der Waals surface area (Å²) in [6, 6.07) is 17.5. The zero-order valence-corrected chi connectivity index (χ0v) is 13.2. The number of carbonyl (C=O) groups excluding carboxylic acids is 1. The molecular formula is C19H14N4O2. The lowest BCUT2D eigenvalue weighted by Crippen LogP contribution is -2.14. The van der Waals surface area contributed by atoms with Crippen molar-refractivity contribution in [3.05, 3.63) is 72.6 Å². The van der Waals surface area contributed by atoms with Gasteiger partial charge in [-0.25, -0.2) is 0 Å². The maximum Gasteiger partial charge on any atom is 0.328 e. The van der Waals surface area contributed by atoms with Gasteiger partial charge in [0.25, 0.3) is 0 Å². The van der Waals surface area contributed by atoms with E-state index in [1.54, 1.807) is 24.5 Å². The monoisotopic (exact) mass is 330 g/mol. The lowest BCUT2D eigenvalue weighted by atomic mass is 10.0. The summed E-state index contributed by atoms with van der Waals surface area (Å²) in [5.41, 5.74) is 1.72. The van der Waals surface area contributed by atoms with Crippen molar-refractivity contribution < 1.29 is 9.32 Å². The smallest absolute Gasteiger partial charge is 0.315 e. The van der Waals surface area contributed by atoms with Gasteiger partial charge in [0, 0.05) is 18.0 Å². The van der Waals surface area contributed by atoms with Crippen LogP contribution in [-0.4, -0.2) is 21.0 Å². The summed E-state index contributed by atoms with van der Waals surface area (Å²) in [6.07, 6.45) is 3.52. The summed E-state index contributed by atoms with van der Waals surface area (Å²) in [5, 5.41) is 8.68. The Kier molecular flexibility index (Phi) is 3.92. The van der Waals surface area contributed by atoms with Crippen LogP contribution in [0.15, 0.2) is 71.5 Å². The van der Waals surface area contributed by atoms with E-state index < -0.39 is 0 Å². The largest absolute Gasteiger partial charge is 0.328 e. The molecule has 0 unspecified atom stereocenters. The van der Waals surface area contributed by atoms with E-state index in [4.69, 9.17) is 4.52 Å². The van der Waals surface area contributed by atoms with E-state index in [-0.39, 0.29) is 18.3 Å². The molecule has 2 heterocycles. The highest BCUT2D eigenvalue weighted by Crippen LogP contribution is 2.20. The molecule has 0 aliphatic carbocycles. The number of pyridine rings is 1. The fraction of sp³-hybridized carbons (Fsp3) is 0.0526. The number of anilines is 1. The van der Waals surface area contributed by atoms with Gasteiger partial charge in [-0.1, -0.05) is 47.6 Å². The van der Waals surface area contributed by atoms with E-state index >= 15 is 0 Å². The van der Waals surface area contributed by atoms with Crippen LogP contribution in [0, 0.1) is 0 Å². The Labute approximate surface area is 143 Å². The van der Waals surface area contributed by atoms with Gasteiger partial charge >= 0.3 is 6.01 Å². The van der Waals surface area contributed by atoms with Gasteiger partial charge in [0.05, 0.1) is 6.42 Å². The first-order chi connectivity index (χ1) is 12.3. The van der Waals surface area contributed by atoms with Crippen LogP contribution in [0.25, 0.3) is 22.2 Å². The van der Waals surface area contributed by atoms with E-state index in [9.17, 15) is 4.79 Å². The summed E-state index contributed by atoms with van der Waals surface area (Å²) in [7, 11) is 0. The predicted octanol–water partition coefficient (Wildman–Crippen LogP) is 3.47. The van der Waals surface area contributed by atoms with Crippen molar-refractivity contribution in [1.82, 2.24) is 15.1 Å². The third-order valence-corrected chi connectivity index (χ3v) is 3.84. The topological polar surface area (TPSA) is 80.9 Å². The highest BCUT2D eigenvalue weighted by Gasteiger charge is 2.12. The van der Waals surface area contributed by atoms with Crippen LogP contribution in [0.3, 0.4) is 0 Å². The first-order valence-electron chi connectivity index (χ1n) is 7.80. The van der Waals surface area contributed by atoms with Crippen LogP contribution >= 0.6 is 0 Å². The van der Waals surface area contributed by atoms with Gasteiger partial charge in [-0.3, -0.25) is 15.1 Å². The summed E-state index contributed by atoms with van der Waals surface area (Å²) in [4.78, 5) is 20.5. The van der Waals surface area contributed by atoms with Gasteiger partial charge < -0.3 is 4.52 Å². The molecule has 0 aliphatic heterocycles. The molecule has 2 aromatic carbocycles. The minimum Gasteiger partial charge on any atom is -0.315 e. The minimum atomic E-state index is -0.207. The van der Waals surface area contributed by atoms with Crippen molar-refractivity contribution in [1.29, 1.82) is 0 Å². The second-order valence-electron chi connectivity index (χ2n) is 5.52. The highest BCUT2D eigenvalue weighted by atomic mass is 16.5. The lowest BCUT2D eigenvalue weighted by molar-refractivity contribution is -0.115. The average molecular weight is 330 g/mol. The molecule has 0 saturated carbocycles. The molecule has 0 spiro atoms. The number of fused-ring (bicyclic) bond motifs is 1. The minimum absolute atomic E-state index is 0.0806. The number of benzene rings is 2. The summed E-state index contributed by atoms with van der Waals surface area (Å²) in [5.74, 6) is 0.198. The Morgan fingerprint density at radius 1 is 1.00 bits per heavy atom. The Hall–Kier alpha value is -3.54. The third-order valence-electron chi connectivity index (χ3n) is 3.84. The number of rotatable bonds is 4. The second-order valence-corrected chi connectivity index (χ2v) is 5.52. The SMILES string of the molecule is O=C(Cc1cccc2ccccc12)Nc1nc(-c2ccncc2)no1. The molecule has 0 radical (unpaired) electrons. The molecule has 25 heavy (non-hydrogen) atoms. The molecule has 0 bridgehead atoms. The van der Waals surface area contributed by atoms with Crippen LogP contribution in [0.4, 0.5) is 6.01 Å². The summed E-state index contributed by atoms with van der Waals surface area (Å²) >= 11 is 0. The quantitative estimate of drug-likeness (QED) is 0.620. The number of amides is 1. The van der Waals surface area contributed by atoms with Crippen molar-refractivity contribution in [3.63, 3.8) is 0 Å². The second kappa shape index (κ2) is 6.52. The number of nitrogens with zero attached hydrogens (tertiary/aromatic N) is 3. The Morgan fingerprint density at radius 3 is 2.68 bits per heavy atom. The van der Waals surface area contributed by atoms with Crippen LogP contribution in [0.5, 0.6) is 0 Å². The summed E-state index contributed by atoms with van der Waals surface area (Å²) in [6.45, 7) is 0. The Morgan fingerprint density at radius 2 is 1.80 bits per heavy atom. The van der Waals surface area contributed by atoms with Crippen molar-refractivity contribution >= 4 is 22.7 Å². The van der Waals surface area contributed by atoms with Crippen molar-refractivity contribution in [2.75, 3.05) is 5.32 Å². The number of nitrogens with one attached hydrogen (secondary N) is 1. The Bertz CT molecular complexity index is 1020. The first-order valence-corrected chi connectivity index (χ1v) is 7.80. The van der Waals surface area contributed by atoms with E-state index in [1.165, 1.54) is 0 Å². The molecular weight excluding hydrogens is 316 g/mol. The van der Waals surface area contributed by atoms with Crippen LogP contribution in [0.1, 0.15) is 5.56 Å². The maximum absolute atomic E-state index is 12.3. The van der Waals surface area contributed by atoms with E-state index in [1.807, 2.05) is 42.5 Å². The average Bonchev–Trinajstić information content (AvgIpc) is 3.11. The zero-order valence-electron chi connectivity index (χ0n) is 13.2. The number of hydrogen-bond acceptors (Lipinski definition) is 5. The normalized spacial score (nSPS) is 10.7. The molecule has 0 saturated heterocycles. The van der Waals surface area contributed by atoms with Crippen molar-refractivity contribution in [2.24, 2.45) is 0 Å².